The van der Waals surface area contributed by atoms with Crippen molar-refractivity contribution in [3.8, 4) is 0 Å². The Morgan fingerprint density at radius 1 is 1.59 bits per heavy atom. The van der Waals surface area contributed by atoms with Crippen molar-refractivity contribution >= 4 is 5.97 Å². The molecule has 2 atom stereocenters. The lowest BCUT2D eigenvalue weighted by molar-refractivity contribution is -0.145. The van der Waals surface area contributed by atoms with E-state index < -0.39 is 11.5 Å². The molecule has 0 saturated carbocycles. The highest BCUT2D eigenvalue weighted by Gasteiger charge is 2.38. The summed E-state index contributed by atoms with van der Waals surface area (Å²) in [6, 6.07) is 6.44. The fraction of sp³-hybridized carbons (Fsp3) is 0.462. The number of halogens is 1. The van der Waals surface area contributed by atoms with Gasteiger partial charge in [0.1, 0.15) is 11.4 Å². The molecule has 2 rings (SSSR count). The minimum absolute atomic E-state index is 0.105. The van der Waals surface area contributed by atoms with Crippen LogP contribution in [-0.4, -0.2) is 23.2 Å². The van der Waals surface area contributed by atoms with E-state index >= 15 is 0 Å². The zero-order chi connectivity index (χ0) is 12.5. The first kappa shape index (κ1) is 12.0. The van der Waals surface area contributed by atoms with Gasteiger partial charge in [0.25, 0.3) is 0 Å². The normalized spacial score (nSPS) is 28.9. The summed E-state index contributed by atoms with van der Waals surface area (Å²) in [5.41, 5.74) is -0.0196. The molecule has 0 spiro atoms. The first-order valence-corrected chi connectivity index (χ1v) is 5.75. The van der Waals surface area contributed by atoms with Crippen molar-refractivity contribution in [3.05, 3.63) is 35.6 Å². The molecule has 0 bridgehead atoms. The van der Waals surface area contributed by atoms with Gasteiger partial charge in [-0.15, -0.1) is 0 Å². The Hall–Kier alpha value is -1.42. The van der Waals surface area contributed by atoms with Crippen LogP contribution in [0.3, 0.4) is 0 Å². The number of rotatable bonds is 2. The minimum atomic E-state index is -0.908. The van der Waals surface area contributed by atoms with Gasteiger partial charge in [-0.2, -0.15) is 0 Å². The quantitative estimate of drug-likeness (QED) is 0.828. The number of hydrogen-bond donors (Lipinski definition) is 2. The van der Waals surface area contributed by atoms with Gasteiger partial charge in [0, 0.05) is 0 Å². The monoisotopic (exact) mass is 237 g/mol. The molecule has 92 valence electrons. The van der Waals surface area contributed by atoms with Crippen LogP contribution in [0.2, 0.25) is 0 Å². The predicted octanol–water partition coefficient (Wildman–Crippen LogP) is 2.14. The van der Waals surface area contributed by atoms with Crippen molar-refractivity contribution in [3.63, 3.8) is 0 Å². The summed E-state index contributed by atoms with van der Waals surface area (Å²) in [4.78, 5) is 11.2. The van der Waals surface area contributed by atoms with Crippen LogP contribution in [0.5, 0.6) is 0 Å². The van der Waals surface area contributed by atoms with Crippen molar-refractivity contribution in [2.45, 2.75) is 31.2 Å². The van der Waals surface area contributed by atoms with Gasteiger partial charge >= 0.3 is 5.97 Å². The van der Waals surface area contributed by atoms with Crippen molar-refractivity contribution in [2.75, 3.05) is 6.54 Å². The molecule has 1 aromatic rings. The molecule has 3 nitrogen and oxygen atoms in total. The minimum Gasteiger partial charge on any atom is -0.480 e. The molecule has 1 aliphatic heterocycles. The number of piperidine rings is 1. The topological polar surface area (TPSA) is 49.3 Å². The lowest BCUT2D eigenvalue weighted by Gasteiger charge is -2.36. The van der Waals surface area contributed by atoms with Crippen LogP contribution in [0, 0.1) is 5.82 Å². The molecule has 0 aromatic heterocycles. The Balaban J connectivity index is 2.20. The zero-order valence-corrected chi connectivity index (χ0v) is 9.74. The van der Waals surface area contributed by atoms with Crippen LogP contribution < -0.4 is 5.32 Å². The number of nitrogens with one attached hydrogen (secondary N) is 1. The van der Waals surface area contributed by atoms with Crippen LogP contribution in [-0.2, 0) is 4.79 Å². The van der Waals surface area contributed by atoms with Gasteiger partial charge in [-0.05, 0) is 49.9 Å². The summed E-state index contributed by atoms with van der Waals surface area (Å²) < 4.78 is 13.1. The molecule has 1 heterocycles. The van der Waals surface area contributed by atoms with Crippen molar-refractivity contribution in [1.29, 1.82) is 0 Å². The van der Waals surface area contributed by atoms with E-state index in [2.05, 4.69) is 5.32 Å². The number of benzene rings is 1. The van der Waals surface area contributed by atoms with Crippen molar-refractivity contribution in [2.24, 2.45) is 0 Å². The van der Waals surface area contributed by atoms with Crippen LogP contribution in [0.25, 0.3) is 0 Å². The number of hydrogen-bond acceptors (Lipinski definition) is 2. The third-order valence-corrected chi connectivity index (χ3v) is 3.45. The van der Waals surface area contributed by atoms with Gasteiger partial charge in [0.05, 0.1) is 0 Å². The molecule has 2 unspecified atom stereocenters. The number of carboxylic acids is 1. The third-order valence-electron chi connectivity index (χ3n) is 3.45. The van der Waals surface area contributed by atoms with Gasteiger partial charge < -0.3 is 10.4 Å². The van der Waals surface area contributed by atoms with E-state index in [1.807, 2.05) is 6.07 Å². The van der Waals surface area contributed by atoms with E-state index in [-0.39, 0.29) is 11.7 Å². The fourth-order valence-corrected chi connectivity index (χ4v) is 2.40. The van der Waals surface area contributed by atoms with E-state index in [1.165, 1.54) is 12.1 Å². The second-order valence-electron chi connectivity index (χ2n) is 4.81. The Morgan fingerprint density at radius 3 is 3.00 bits per heavy atom. The Morgan fingerprint density at radius 2 is 2.35 bits per heavy atom. The number of aliphatic carboxylic acids is 1. The van der Waals surface area contributed by atoms with Crippen molar-refractivity contribution in [1.82, 2.24) is 5.32 Å². The van der Waals surface area contributed by atoms with E-state index in [4.69, 9.17) is 0 Å². The average Bonchev–Trinajstić information content (AvgIpc) is 2.29. The van der Waals surface area contributed by atoms with Crippen LogP contribution >= 0.6 is 0 Å². The number of carboxylic acid groups (broad SMARTS) is 1. The predicted molar refractivity (Wildman–Crippen MR) is 62.4 cm³/mol. The second kappa shape index (κ2) is 4.45. The van der Waals surface area contributed by atoms with Crippen LogP contribution in [0.15, 0.2) is 24.3 Å². The molecule has 2 N–H and O–H groups in total. The summed E-state index contributed by atoms with van der Waals surface area (Å²) in [5, 5.41) is 12.2. The van der Waals surface area contributed by atoms with E-state index in [1.54, 1.807) is 13.0 Å². The van der Waals surface area contributed by atoms with Gasteiger partial charge in [-0.1, -0.05) is 12.1 Å². The molecule has 17 heavy (non-hydrogen) atoms. The summed E-state index contributed by atoms with van der Waals surface area (Å²) >= 11 is 0. The maximum absolute atomic E-state index is 13.1. The standard InChI is InChI=1S/C13H16FNO2/c1-13(12(16)17)8-10(5-6-15-13)9-3-2-4-11(14)7-9/h2-4,7,10,15H,5-6,8H2,1H3,(H,16,17). The maximum atomic E-state index is 13.1. The summed E-state index contributed by atoms with van der Waals surface area (Å²) in [5.74, 6) is -1.01. The summed E-state index contributed by atoms with van der Waals surface area (Å²) in [6.45, 7) is 2.32. The molecule has 0 amide bonds. The molecule has 4 heteroatoms. The van der Waals surface area contributed by atoms with Gasteiger partial charge in [0.15, 0.2) is 0 Å². The third kappa shape index (κ3) is 2.47. The van der Waals surface area contributed by atoms with Crippen molar-refractivity contribution < 1.29 is 14.3 Å². The van der Waals surface area contributed by atoms with Gasteiger partial charge in [-0.3, -0.25) is 4.79 Å². The molecular weight excluding hydrogens is 221 g/mol. The van der Waals surface area contributed by atoms with E-state index in [9.17, 15) is 14.3 Å². The van der Waals surface area contributed by atoms with E-state index in [0.29, 0.717) is 13.0 Å². The highest BCUT2D eigenvalue weighted by atomic mass is 19.1. The van der Waals surface area contributed by atoms with Crippen LogP contribution in [0.4, 0.5) is 4.39 Å². The smallest absolute Gasteiger partial charge is 0.323 e. The first-order chi connectivity index (χ1) is 8.01. The SMILES string of the molecule is CC1(C(=O)O)CC(c2cccc(F)c2)CCN1. The molecule has 0 aliphatic carbocycles. The first-order valence-electron chi connectivity index (χ1n) is 5.75. The lowest BCUT2D eigenvalue weighted by atomic mass is 9.79. The maximum Gasteiger partial charge on any atom is 0.323 e. The number of carbonyl (C=O) groups is 1. The lowest BCUT2D eigenvalue weighted by Crippen LogP contribution is -2.53. The highest BCUT2D eigenvalue weighted by Crippen LogP contribution is 2.32. The molecule has 0 radical (unpaired) electrons. The Labute approximate surface area is 99.7 Å². The molecule has 1 aromatic carbocycles. The Kier molecular flexibility index (Phi) is 3.15. The fourth-order valence-electron chi connectivity index (χ4n) is 2.40. The molecule has 1 saturated heterocycles. The largest absolute Gasteiger partial charge is 0.480 e. The van der Waals surface area contributed by atoms with E-state index in [0.717, 1.165) is 12.0 Å². The van der Waals surface area contributed by atoms with Gasteiger partial charge in [0.2, 0.25) is 0 Å². The molecule has 1 fully saturated rings. The highest BCUT2D eigenvalue weighted by molar-refractivity contribution is 5.78. The van der Waals surface area contributed by atoms with Crippen LogP contribution in [0.1, 0.15) is 31.2 Å². The molecular formula is C13H16FNO2. The zero-order valence-electron chi connectivity index (χ0n) is 9.74. The second-order valence-corrected chi connectivity index (χ2v) is 4.81. The Bertz CT molecular complexity index is 435. The van der Waals surface area contributed by atoms with Gasteiger partial charge in [-0.25, -0.2) is 4.39 Å². The summed E-state index contributed by atoms with van der Waals surface area (Å²) in [6.07, 6.45) is 1.33. The summed E-state index contributed by atoms with van der Waals surface area (Å²) in [7, 11) is 0. The average molecular weight is 237 g/mol. The molecule has 1 aliphatic rings.